The highest BCUT2D eigenvalue weighted by atomic mass is 32.2. The average Bonchev–Trinajstić information content (AvgIpc) is 2.73. The Bertz CT molecular complexity index is 863. The van der Waals surface area contributed by atoms with Crippen LogP contribution in [-0.2, 0) is 14.8 Å². The molecule has 0 aliphatic heterocycles. The number of nitrogen functional groups attached to an aromatic ring is 1. The normalized spacial score (nSPS) is 12.4. The van der Waals surface area contributed by atoms with Crippen molar-refractivity contribution in [1.82, 2.24) is 4.98 Å². The van der Waals surface area contributed by atoms with Crippen molar-refractivity contribution in [2.45, 2.75) is 26.4 Å². The van der Waals surface area contributed by atoms with E-state index in [-0.39, 0.29) is 11.5 Å². The molecular formula is C15H21N3O4S. The molecular weight excluding hydrogens is 318 g/mol. The van der Waals surface area contributed by atoms with Gasteiger partial charge in [-0.3, -0.25) is 4.31 Å². The lowest BCUT2D eigenvalue weighted by Gasteiger charge is -2.19. The van der Waals surface area contributed by atoms with Gasteiger partial charge in [-0.25, -0.2) is 13.2 Å². The Morgan fingerprint density at radius 2 is 1.87 bits per heavy atom. The Labute approximate surface area is 135 Å². The third-order valence-electron chi connectivity index (χ3n) is 3.23. The maximum absolute atomic E-state index is 12.4. The van der Waals surface area contributed by atoms with E-state index in [4.69, 9.17) is 10.5 Å². The zero-order chi connectivity index (χ0) is 17.6. The first-order valence-corrected chi connectivity index (χ1v) is 8.83. The van der Waals surface area contributed by atoms with Crippen molar-refractivity contribution in [3.8, 4) is 0 Å². The van der Waals surface area contributed by atoms with Gasteiger partial charge in [0.2, 0.25) is 10.0 Å². The highest BCUT2D eigenvalue weighted by molar-refractivity contribution is 7.92. The minimum atomic E-state index is -3.50. The number of benzene rings is 1. The van der Waals surface area contributed by atoms with Gasteiger partial charge in [-0.15, -0.1) is 0 Å². The number of nitrogens with zero attached hydrogens (tertiary/aromatic N) is 1. The van der Waals surface area contributed by atoms with E-state index in [1.54, 1.807) is 39.0 Å². The summed E-state index contributed by atoms with van der Waals surface area (Å²) < 4.78 is 30.1. The first-order chi connectivity index (χ1) is 10.4. The highest BCUT2D eigenvalue weighted by Crippen LogP contribution is 2.32. The minimum absolute atomic E-state index is 0.195. The summed E-state index contributed by atoms with van der Waals surface area (Å²) in [7, 11) is -2.09. The number of rotatable bonds is 3. The summed E-state index contributed by atoms with van der Waals surface area (Å²) in [5, 5.41) is 1.10. The van der Waals surface area contributed by atoms with Gasteiger partial charge in [0, 0.05) is 23.5 Å². The predicted molar refractivity (Wildman–Crippen MR) is 91.1 cm³/mol. The largest absolute Gasteiger partial charge is 0.455 e. The fourth-order valence-electron chi connectivity index (χ4n) is 2.13. The molecule has 0 saturated heterocycles. The second kappa shape index (κ2) is 5.45. The number of sulfonamides is 1. The fourth-order valence-corrected chi connectivity index (χ4v) is 2.61. The molecule has 126 valence electrons. The lowest BCUT2D eigenvalue weighted by molar-refractivity contribution is 0.00659. The van der Waals surface area contributed by atoms with Gasteiger partial charge in [-0.1, -0.05) is 0 Å². The Hall–Kier alpha value is -2.22. The number of aromatic nitrogens is 1. The summed E-state index contributed by atoms with van der Waals surface area (Å²) in [5.41, 5.74) is 5.79. The topological polar surface area (TPSA) is 105 Å². The molecule has 0 saturated carbocycles. The fraction of sp³-hybridized carbons (Fsp3) is 0.400. The molecule has 0 aliphatic rings. The lowest BCUT2D eigenvalue weighted by Crippen LogP contribution is -2.26. The highest BCUT2D eigenvalue weighted by Gasteiger charge is 2.25. The van der Waals surface area contributed by atoms with Crippen LogP contribution in [-0.4, -0.2) is 38.3 Å². The van der Waals surface area contributed by atoms with Crippen LogP contribution in [0.4, 0.5) is 11.5 Å². The van der Waals surface area contributed by atoms with Crippen LogP contribution in [0.1, 0.15) is 31.3 Å². The SMILES string of the molecule is CN(c1[nH]c(C(=O)OC(C)(C)C)c2ccc(N)cc12)S(C)(=O)=O. The molecule has 2 rings (SSSR count). The van der Waals surface area contributed by atoms with Crippen molar-refractivity contribution < 1.29 is 17.9 Å². The smallest absolute Gasteiger partial charge is 0.355 e. The second-order valence-electron chi connectivity index (χ2n) is 6.39. The maximum Gasteiger partial charge on any atom is 0.355 e. The number of carbonyl (C=O) groups excluding carboxylic acids is 1. The summed E-state index contributed by atoms with van der Waals surface area (Å²) in [6, 6.07) is 4.94. The Kier molecular flexibility index (Phi) is 4.06. The Morgan fingerprint density at radius 1 is 1.26 bits per heavy atom. The minimum Gasteiger partial charge on any atom is -0.455 e. The summed E-state index contributed by atoms with van der Waals surface area (Å²) in [4.78, 5) is 15.3. The number of anilines is 2. The summed E-state index contributed by atoms with van der Waals surface area (Å²) in [5.74, 6) is -0.281. The van der Waals surface area contributed by atoms with E-state index in [2.05, 4.69) is 4.98 Å². The second-order valence-corrected chi connectivity index (χ2v) is 8.40. The zero-order valence-corrected chi connectivity index (χ0v) is 14.6. The van der Waals surface area contributed by atoms with Crippen molar-refractivity contribution in [3.05, 3.63) is 23.9 Å². The number of ether oxygens (including phenoxy) is 1. The van der Waals surface area contributed by atoms with Crippen molar-refractivity contribution in [2.75, 3.05) is 23.3 Å². The van der Waals surface area contributed by atoms with Gasteiger partial charge in [0.1, 0.15) is 17.1 Å². The van der Waals surface area contributed by atoms with E-state index >= 15 is 0 Å². The quantitative estimate of drug-likeness (QED) is 0.658. The number of carbonyl (C=O) groups is 1. The number of esters is 1. The number of H-pyrrole nitrogens is 1. The third-order valence-corrected chi connectivity index (χ3v) is 4.40. The van der Waals surface area contributed by atoms with Crippen LogP contribution < -0.4 is 10.0 Å². The van der Waals surface area contributed by atoms with Gasteiger partial charge < -0.3 is 15.5 Å². The van der Waals surface area contributed by atoms with Crippen molar-refractivity contribution in [3.63, 3.8) is 0 Å². The molecule has 0 amide bonds. The molecule has 3 N–H and O–H groups in total. The summed E-state index contributed by atoms with van der Waals surface area (Å²) in [6.45, 7) is 5.28. The Morgan fingerprint density at radius 3 is 2.39 bits per heavy atom. The molecule has 0 fully saturated rings. The lowest BCUT2D eigenvalue weighted by atomic mass is 10.1. The average molecular weight is 339 g/mol. The van der Waals surface area contributed by atoms with E-state index < -0.39 is 21.6 Å². The van der Waals surface area contributed by atoms with Crippen molar-refractivity contribution >= 4 is 38.3 Å². The molecule has 23 heavy (non-hydrogen) atoms. The number of nitrogens with two attached hydrogens (primary N) is 1. The van der Waals surface area contributed by atoms with E-state index in [1.165, 1.54) is 7.05 Å². The van der Waals surface area contributed by atoms with Crippen LogP contribution in [0.2, 0.25) is 0 Å². The Balaban J connectivity index is 2.66. The molecule has 7 nitrogen and oxygen atoms in total. The molecule has 0 bridgehead atoms. The third kappa shape index (κ3) is 3.58. The van der Waals surface area contributed by atoms with E-state index in [9.17, 15) is 13.2 Å². The standard InChI is InChI=1S/C15H21N3O4S/c1-15(2,3)22-14(19)12-10-7-6-9(16)8-11(10)13(17-12)18(4)23(5,20)21/h6-8,17H,16H2,1-5H3. The predicted octanol–water partition coefficient (Wildman–Crippen LogP) is 2.10. The first-order valence-electron chi connectivity index (χ1n) is 6.98. The molecule has 0 unspecified atom stereocenters. The summed E-state index contributed by atoms with van der Waals surface area (Å²) >= 11 is 0. The van der Waals surface area contributed by atoms with Gasteiger partial charge in [0.25, 0.3) is 0 Å². The van der Waals surface area contributed by atoms with E-state index in [1.807, 2.05) is 0 Å². The van der Waals surface area contributed by atoms with E-state index in [0.29, 0.717) is 16.5 Å². The van der Waals surface area contributed by atoms with Crippen LogP contribution in [0.3, 0.4) is 0 Å². The molecule has 8 heteroatoms. The number of hydrogen-bond acceptors (Lipinski definition) is 5. The maximum atomic E-state index is 12.4. The van der Waals surface area contributed by atoms with Crippen LogP contribution in [0.25, 0.3) is 10.8 Å². The molecule has 0 radical (unpaired) electrons. The number of nitrogens with one attached hydrogen (secondary N) is 1. The number of hydrogen-bond donors (Lipinski definition) is 2. The van der Waals surface area contributed by atoms with Gasteiger partial charge in [-0.05, 0) is 39.0 Å². The summed E-state index contributed by atoms with van der Waals surface area (Å²) in [6.07, 6.45) is 1.08. The van der Waals surface area contributed by atoms with Gasteiger partial charge >= 0.3 is 5.97 Å². The van der Waals surface area contributed by atoms with Gasteiger partial charge in [0.15, 0.2) is 0 Å². The first kappa shape index (κ1) is 17.1. The van der Waals surface area contributed by atoms with Crippen LogP contribution in [0.15, 0.2) is 18.2 Å². The number of aromatic amines is 1. The van der Waals surface area contributed by atoms with Crippen LogP contribution in [0, 0.1) is 0 Å². The number of fused-ring (bicyclic) bond motifs is 1. The molecule has 2 aromatic rings. The van der Waals surface area contributed by atoms with Gasteiger partial charge in [0.05, 0.1) is 6.26 Å². The molecule has 1 aromatic carbocycles. The zero-order valence-electron chi connectivity index (χ0n) is 13.8. The van der Waals surface area contributed by atoms with Crippen molar-refractivity contribution in [2.24, 2.45) is 0 Å². The van der Waals surface area contributed by atoms with Gasteiger partial charge in [-0.2, -0.15) is 0 Å². The molecule has 0 spiro atoms. The molecule has 1 aromatic heterocycles. The van der Waals surface area contributed by atoms with E-state index in [0.717, 1.165) is 10.6 Å². The van der Waals surface area contributed by atoms with Crippen LogP contribution in [0.5, 0.6) is 0 Å². The van der Waals surface area contributed by atoms with Crippen LogP contribution >= 0.6 is 0 Å². The monoisotopic (exact) mass is 339 g/mol. The molecule has 0 atom stereocenters. The molecule has 0 aliphatic carbocycles. The molecule has 1 heterocycles. The van der Waals surface area contributed by atoms with Crippen molar-refractivity contribution in [1.29, 1.82) is 0 Å².